The Bertz CT molecular complexity index is 533. The largest absolute Gasteiger partial charge is 0.451 e. The van der Waals surface area contributed by atoms with Gasteiger partial charge in [-0.15, -0.1) is 0 Å². The number of furan rings is 1. The first-order valence-electron chi connectivity index (χ1n) is 6.85. The van der Waals surface area contributed by atoms with Crippen LogP contribution in [0.5, 0.6) is 0 Å². The molecule has 0 bridgehead atoms. The Morgan fingerprint density at radius 3 is 2.52 bits per heavy atom. The molecule has 1 aromatic heterocycles. The van der Waals surface area contributed by atoms with Crippen LogP contribution in [0.2, 0.25) is 0 Å². The Morgan fingerprint density at radius 1 is 1.29 bits per heavy atom. The van der Waals surface area contributed by atoms with Crippen molar-refractivity contribution in [2.45, 2.75) is 6.92 Å². The van der Waals surface area contributed by atoms with E-state index >= 15 is 0 Å². The third-order valence-corrected chi connectivity index (χ3v) is 3.77. The van der Waals surface area contributed by atoms with Crippen LogP contribution in [-0.4, -0.2) is 54.5 Å². The maximum atomic E-state index is 12.1. The fourth-order valence-corrected chi connectivity index (χ4v) is 2.50. The van der Waals surface area contributed by atoms with E-state index < -0.39 is 0 Å². The summed E-state index contributed by atoms with van der Waals surface area (Å²) in [5.74, 6) is 0.602. The van der Waals surface area contributed by atoms with Gasteiger partial charge in [-0.05, 0) is 47.7 Å². The van der Waals surface area contributed by atoms with E-state index in [2.05, 4.69) is 27.9 Å². The van der Waals surface area contributed by atoms with Crippen LogP contribution in [0.3, 0.4) is 0 Å². The van der Waals surface area contributed by atoms with Crippen LogP contribution in [0.4, 0.5) is 4.79 Å². The summed E-state index contributed by atoms with van der Waals surface area (Å²) < 4.78 is 6.15. The predicted molar refractivity (Wildman–Crippen MR) is 87.7 cm³/mol. The fourth-order valence-electron chi connectivity index (χ4n) is 2.07. The molecule has 0 aromatic carbocycles. The molecule has 1 N–H and O–H groups in total. The highest BCUT2D eigenvalue weighted by molar-refractivity contribution is 14.1. The molecule has 0 atom stereocenters. The molecule has 1 fully saturated rings. The Balaban J connectivity index is 1.83. The van der Waals surface area contributed by atoms with E-state index in [1.54, 1.807) is 15.9 Å². The van der Waals surface area contributed by atoms with Gasteiger partial charge in [0.05, 0.1) is 0 Å². The van der Waals surface area contributed by atoms with Crippen molar-refractivity contribution >= 4 is 40.6 Å². The maximum Gasteiger partial charge on any atom is 0.317 e. The summed E-state index contributed by atoms with van der Waals surface area (Å²) in [4.78, 5) is 27.2. The van der Waals surface area contributed by atoms with Crippen LogP contribution in [0, 0.1) is 3.77 Å². The summed E-state index contributed by atoms with van der Waals surface area (Å²) in [7, 11) is 0. The molecule has 1 aliphatic heterocycles. The summed E-state index contributed by atoms with van der Waals surface area (Å²) in [5, 5.41) is 2.76. The van der Waals surface area contributed by atoms with Gasteiger partial charge in [-0.3, -0.25) is 4.79 Å². The molecule has 21 heavy (non-hydrogen) atoms. The number of nitrogens with one attached hydrogen (secondary N) is 1. The second kappa shape index (κ2) is 7.48. The van der Waals surface area contributed by atoms with Crippen molar-refractivity contribution < 1.29 is 14.0 Å². The first kappa shape index (κ1) is 15.9. The van der Waals surface area contributed by atoms with Gasteiger partial charge in [0.25, 0.3) is 0 Å². The maximum absolute atomic E-state index is 12.1. The monoisotopic (exact) mass is 403 g/mol. The molecular formula is C14H18IN3O3. The van der Waals surface area contributed by atoms with Gasteiger partial charge in [-0.1, -0.05) is 0 Å². The minimum atomic E-state index is -0.0645. The van der Waals surface area contributed by atoms with E-state index in [1.165, 1.54) is 6.08 Å². The minimum Gasteiger partial charge on any atom is -0.451 e. The molecule has 0 saturated carbocycles. The normalized spacial score (nSPS) is 15.5. The fraction of sp³-hybridized carbons (Fsp3) is 0.429. The number of carbonyl (C=O) groups is 2. The molecule has 3 amide bonds. The minimum absolute atomic E-state index is 0.0584. The summed E-state index contributed by atoms with van der Waals surface area (Å²) in [6.07, 6.45) is 3.18. The predicted octanol–water partition coefficient (Wildman–Crippen LogP) is 1.77. The lowest BCUT2D eigenvalue weighted by molar-refractivity contribution is -0.127. The quantitative estimate of drug-likeness (QED) is 0.618. The van der Waals surface area contributed by atoms with Crippen molar-refractivity contribution in [3.05, 3.63) is 27.7 Å². The summed E-state index contributed by atoms with van der Waals surface area (Å²) >= 11 is 2.08. The van der Waals surface area contributed by atoms with Crippen molar-refractivity contribution in [2.75, 3.05) is 32.7 Å². The summed E-state index contributed by atoms with van der Waals surface area (Å²) in [6, 6.07) is 3.60. The van der Waals surface area contributed by atoms with Gasteiger partial charge in [-0.2, -0.15) is 0 Å². The standard InChI is InChI=1S/C14H18IN3O3/c1-2-16-14(20)18-9-7-17(8-10-18)13(19)6-4-11-3-5-12(15)21-11/h3-6H,2,7-10H2,1H3,(H,16,20)/b6-4+. The van der Waals surface area contributed by atoms with Gasteiger partial charge in [0.15, 0.2) is 3.77 Å². The van der Waals surface area contributed by atoms with E-state index in [0.29, 0.717) is 38.5 Å². The topological polar surface area (TPSA) is 65.8 Å². The molecule has 114 valence electrons. The van der Waals surface area contributed by atoms with Crippen molar-refractivity contribution in [1.82, 2.24) is 15.1 Å². The number of halogens is 1. The average molecular weight is 403 g/mol. The highest BCUT2D eigenvalue weighted by Gasteiger charge is 2.22. The summed E-state index contributed by atoms with van der Waals surface area (Å²) in [6.45, 7) is 4.72. The second-order valence-electron chi connectivity index (χ2n) is 4.62. The molecule has 1 aromatic rings. The molecule has 0 aliphatic carbocycles. The highest BCUT2D eigenvalue weighted by Crippen LogP contribution is 2.12. The SMILES string of the molecule is CCNC(=O)N1CCN(C(=O)/C=C/c2ccc(I)o2)CC1. The van der Waals surface area contributed by atoms with Crippen molar-refractivity contribution in [1.29, 1.82) is 0 Å². The molecular weight excluding hydrogens is 385 g/mol. The number of hydrogen-bond acceptors (Lipinski definition) is 3. The number of rotatable bonds is 3. The molecule has 2 rings (SSSR count). The second-order valence-corrected chi connectivity index (χ2v) is 5.69. The molecule has 0 radical (unpaired) electrons. The lowest BCUT2D eigenvalue weighted by Crippen LogP contribution is -2.52. The van der Waals surface area contributed by atoms with Gasteiger partial charge in [0.1, 0.15) is 5.76 Å². The third kappa shape index (κ3) is 4.48. The molecule has 0 spiro atoms. The number of piperazine rings is 1. The number of amides is 3. The van der Waals surface area contributed by atoms with Crippen molar-refractivity contribution in [3.8, 4) is 0 Å². The highest BCUT2D eigenvalue weighted by atomic mass is 127. The Kier molecular flexibility index (Phi) is 5.66. The van der Waals surface area contributed by atoms with Crippen LogP contribution in [0.1, 0.15) is 12.7 Å². The van der Waals surface area contributed by atoms with Gasteiger partial charge in [0.2, 0.25) is 5.91 Å². The van der Waals surface area contributed by atoms with Gasteiger partial charge in [-0.25, -0.2) is 4.79 Å². The Hall–Kier alpha value is -1.51. The zero-order valence-corrected chi connectivity index (χ0v) is 14.0. The lowest BCUT2D eigenvalue weighted by atomic mass is 10.3. The zero-order valence-electron chi connectivity index (χ0n) is 11.8. The van der Waals surface area contributed by atoms with Crippen LogP contribution in [0.25, 0.3) is 6.08 Å². The smallest absolute Gasteiger partial charge is 0.317 e. The van der Waals surface area contributed by atoms with Crippen LogP contribution in [-0.2, 0) is 4.79 Å². The molecule has 2 heterocycles. The van der Waals surface area contributed by atoms with Gasteiger partial charge in [0, 0.05) is 38.8 Å². The van der Waals surface area contributed by atoms with E-state index in [4.69, 9.17) is 4.42 Å². The molecule has 0 unspecified atom stereocenters. The Labute approximate surface area is 137 Å². The number of nitrogens with zero attached hydrogens (tertiary/aromatic N) is 2. The number of carbonyl (C=O) groups excluding carboxylic acids is 2. The van der Waals surface area contributed by atoms with E-state index in [1.807, 2.05) is 19.1 Å². The zero-order chi connectivity index (χ0) is 15.2. The average Bonchev–Trinajstić information content (AvgIpc) is 2.91. The third-order valence-electron chi connectivity index (χ3n) is 3.19. The first-order valence-corrected chi connectivity index (χ1v) is 7.93. The summed E-state index contributed by atoms with van der Waals surface area (Å²) in [5.41, 5.74) is 0. The number of hydrogen-bond donors (Lipinski definition) is 1. The van der Waals surface area contributed by atoms with E-state index in [-0.39, 0.29) is 11.9 Å². The lowest BCUT2D eigenvalue weighted by Gasteiger charge is -2.34. The van der Waals surface area contributed by atoms with Crippen molar-refractivity contribution in [3.63, 3.8) is 0 Å². The molecule has 1 saturated heterocycles. The van der Waals surface area contributed by atoms with Crippen molar-refractivity contribution in [2.24, 2.45) is 0 Å². The van der Waals surface area contributed by atoms with E-state index in [9.17, 15) is 9.59 Å². The molecule has 1 aliphatic rings. The number of urea groups is 1. The van der Waals surface area contributed by atoms with Crippen LogP contribution < -0.4 is 5.32 Å². The molecule has 7 heteroatoms. The van der Waals surface area contributed by atoms with Crippen LogP contribution in [0.15, 0.2) is 22.6 Å². The van der Waals surface area contributed by atoms with Crippen LogP contribution >= 0.6 is 22.6 Å². The first-order chi connectivity index (χ1) is 10.1. The Morgan fingerprint density at radius 2 is 1.95 bits per heavy atom. The van der Waals surface area contributed by atoms with Gasteiger partial charge >= 0.3 is 6.03 Å². The molecule has 6 nitrogen and oxygen atoms in total. The van der Waals surface area contributed by atoms with Gasteiger partial charge < -0.3 is 19.5 Å². The van der Waals surface area contributed by atoms with E-state index in [0.717, 1.165) is 3.77 Å².